The van der Waals surface area contributed by atoms with Gasteiger partial charge in [-0.1, -0.05) is 19.9 Å². The average molecular weight is 405 g/mol. The maximum absolute atomic E-state index is 13.8. The van der Waals surface area contributed by atoms with Crippen molar-refractivity contribution in [1.82, 2.24) is 4.90 Å². The first kappa shape index (κ1) is 20.3. The molecule has 4 aliphatic rings. The molecule has 0 saturated heterocycles. The van der Waals surface area contributed by atoms with Crippen LogP contribution >= 0.6 is 0 Å². The molecule has 0 radical (unpaired) electrons. The summed E-state index contributed by atoms with van der Waals surface area (Å²) in [6, 6.07) is 3.44. The number of hydrogen-bond acceptors (Lipinski definition) is 2. The van der Waals surface area contributed by atoms with Crippen LogP contribution in [0.3, 0.4) is 0 Å². The van der Waals surface area contributed by atoms with Crippen LogP contribution in [0.4, 0.5) is 14.5 Å². The van der Waals surface area contributed by atoms with Gasteiger partial charge in [0.05, 0.1) is 12.0 Å². The van der Waals surface area contributed by atoms with Crippen LogP contribution in [0.15, 0.2) is 18.2 Å². The molecule has 29 heavy (non-hydrogen) atoms. The molecule has 4 nitrogen and oxygen atoms in total. The Labute approximate surface area is 171 Å². The summed E-state index contributed by atoms with van der Waals surface area (Å²) < 4.78 is 27.7. The van der Waals surface area contributed by atoms with E-state index >= 15 is 0 Å². The number of nitrogens with one attached hydrogen (secondary N) is 1. The molecule has 6 heteroatoms. The summed E-state index contributed by atoms with van der Waals surface area (Å²) in [4.78, 5) is 27.7. The fourth-order valence-corrected chi connectivity index (χ4v) is 7.32. The fourth-order valence-electron chi connectivity index (χ4n) is 7.32. The lowest BCUT2D eigenvalue weighted by Crippen LogP contribution is -2.60. The quantitative estimate of drug-likeness (QED) is 0.770. The van der Waals surface area contributed by atoms with Crippen molar-refractivity contribution in [3.8, 4) is 0 Å². The van der Waals surface area contributed by atoms with Crippen LogP contribution < -0.4 is 5.32 Å². The van der Waals surface area contributed by atoms with Gasteiger partial charge < -0.3 is 10.2 Å². The molecule has 1 aromatic carbocycles. The van der Waals surface area contributed by atoms with Crippen LogP contribution in [0, 0.1) is 33.8 Å². The highest BCUT2D eigenvalue weighted by Gasteiger charge is 2.63. The summed E-state index contributed by atoms with van der Waals surface area (Å²) in [7, 11) is 0. The van der Waals surface area contributed by atoms with Crippen LogP contribution in [0.25, 0.3) is 0 Å². The van der Waals surface area contributed by atoms with E-state index in [-0.39, 0.29) is 23.3 Å². The summed E-state index contributed by atoms with van der Waals surface area (Å²) in [5.74, 6) is -1.62. The first-order chi connectivity index (χ1) is 13.6. The second-order valence-electron chi connectivity index (χ2n) is 10.4. The molecule has 5 rings (SSSR count). The number of benzene rings is 1. The lowest BCUT2D eigenvalue weighted by molar-refractivity contribution is -0.179. The third-order valence-electron chi connectivity index (χ3n) is 7.31. The number of amides is 2. The normalized spacial score (nSPS) is 34.9. The molecule has 1 aromatic rings. The van der Waals surface area contributed by atoms with Crippen molar-refractivity contribution in [2.75, 3.05) is 18.4 Å². The molecule has 4 bridgehead atoms. The minimum atomic E-state index is -0.824. The molecule has 0 aliphatic heterocycles. The SMILES string of the molecule is CCN(CC(=O)Nc1c(F)cccc1F)C(=O)C12CC3CC(C)(CC(C)(C3)C1)C2. The van der Waals surface area contributed by atoms with Crippen molar-refractivity contribution in [1.29, 1.82) is 0 Å². The van der Waals surface area contributed by atoms with Gasteiger partial charge in [-0.05, 0) is 74.3 Å². The highest BCUT2D eigenvalue weighted by molar-refractivity contribution is 5.95. The van der Waals surface area contributed by atoms with E-state index in [0.717, 1.165) is 31.4 Å². The van der Waals surface area contributed by atoms with Crippen LogP contribution in [-0.2, 0) is 9.59 Å². The molecule has 4 saturated carbocycles. The summed E-state index contributed by atoms with van der Waals surface area (Å²) in [5.41, 5.74) is -0.470. The number of anilines is 1. The van der Waals surface area contributed by atoms with E-state index in [2.05, 4.69) is 19.2 Å². The van der Waals surface area contributed by atoms with Gasteiger partial charge in [0, 0.05) is 6.54 Å². The van der Waals surface area contributed by atoms with E-state index in [0.29, 0.717) is 12.5 Å². The first-order valence-corrected chi connectivity index (χ1v) is 10.6. The zero-order chi connectivity index (χ0) is 21.0. The third-order valence-corrected chi connectivity index (χ3v) is 7.31. The van der Waals surface area contributed by atoms with E-state index in [4.69, 9.17) is 0 Å². The van der Waals surface area contributed by atoms with Crippen molar-refractivity contribution in [2.24, 2.45) is 22.2 Å². The standard InChI is InChI=1S/C23H30F2N2O2/c1-4-27(11-18(28)26-19-16(24)6-5-7-17(19)25)20(29)23-10-15-8-21(2,13-23)12-22(3,9-15)14-23/h5-7,15H,4,8-14H2,1-3H3,(H,26,28). The van der Waals surface area contributed by atoms with Gasteiger partial charge >= 0.3 is 0 Å². The molecule has 1 N–H and O–H groups in total. The lowest BCUT2D eigenvalue weighted by atomic mass is 9.40. The van der Waals surface area contributed by atoms with Gasteiger partial charge in [0.25, 0.3) is 0 Å². The molecule has 4 aliphatic carbocycles. The van der Waals surface area contributed by atoms with Gasteiger partial charge in [-0.25, -0.2) is 8.78 Å². The Balaban J connectivity index is 1.51. The lowest BCUT2D eigenvalue weighted by Gasteiger charge is -2.65. The van der Waals surface area contributed by atoms with E-state index in [1.54, 1.807) is 4.90 Å². The highest BCUT2D eigenvalue weighted by Crippen LogP contribution is 2.69. The van der Waals surface area contributed by atoms with E-state index in [1.165, 1.54) is 25.3 Å². The second-order valence-corrected chi connectivity index (χ2v) is 10.4. The van der Waals surface area contributed by atoms with Crippen LogP contribution in [-0.4, -0.2) is 29.8 Å². The van der Waals surface area contributed by atoms with Crippen molar-refractivity contribution >= 4 is 17.5 Å². The number of carbonyl (C=O) groups excluding carboxylic acids is 2. The van der Waals surface area contributed by atoms with Crippen molar-refractivity contribution in [2.45, 2.75) is 59.3 Å². The molecule has 0 aromatic heterocycles. The molecule has 0 heterocycles. The van der Waals surface area contributed by atoms with Gasteiger partial charge in [0.2, 0.25) is 11.8 Å². The number of hydrogen-bond donors (Lipinski definition) is 1. The number of carbonyl (C=O) groups is 2. The maximum atomic E-state index is 13.8. The largest absolute Gasteiger partial charge is 0.333 e. The Hall–Kier alpha value is -1.98. The predicted octanol–water partition coefficient (Wildman–Crippen LogP) is 4.75. The van der Waals surface area contributed by atoms with Gasteiger partial charge in [0.15, 0.2) is 0 Å². The second kappa shape index (κ2) is 6.78. The number of halogens is 2. The van der Waals surface area contributed by atoms with Crippen LogP contribution in [0.2, 0.25) is 0 Å². The molecule has 158 valence electrons. The topological polar surface area (TPSA) is 49.4 Å². The van der Waals surface area contributed by atoms with Gasteiger partial charge in [0.1, 0.15) is 17.3 Å². The minimum Gasteiger partial charge on any atom is -0.333 e. The molecule has 2 amide bonds. The highest BCUT2D eigenvalue weighted by atomic mass is 19.1. The van der Waals surface area contributed by atoms with Crippen molar-refractivity contribution < 1.29 is 18.4 Å². The molecule has 0 spiro atoms. The monoisotopic (exact) mass is 404 g/mol. The molecular formula is C23H30F2N2O2. The molecule has 4 fully saturated rings. The summed E-state index contributed by atoms with van der Waals surface area (Å²) in [5, 5.41) is 2.30. The van der Waals surface area contributed by atoms with Gasteiger partial charge in [-0.3, -0.25) is 9.59 Å². The predicted molar refractivity (Wildman–Crippen MR) is 107 cm³/mol. The number of likely N-dealkylation sites (N-methyl/N-ethyl adjacent to an activating group) is 1. The average Bonchev–Trinajstić information content (AvgIpc) is 2.59. The van der Waals surface area contributed by atoms with E-state index in [9.17, 15) is 18.4 Å². The molecule has 2 atom stereocenters. The zero-order valence-corrected chi connectivity index (χ0v) is 17.5. The summed E-state index contributed by atoms with van der Waals surface area (Å²) in [6.07, 6.45) is 6.21. The van der Waals surface area contributed by atoms with Crippen LogP contribution in [0.1, 0.15) is 59.3 Å². The third kappa shape index (κ3) is 3.55. The molecular weight excluding hydrogens is 374 g/mol. The summed E-state index contributed by atoms with van der Waals surface area (Å²) >= 11 is 0. The Bertz CT molecular complexity index is 817. The first-order valence-electron chi connectivity index (χ1n) is 10.6. The van der Waals surface area contributed by atoms with Gasteiger partial charge in [-0.15, -0.1) is 0 Å². The Kier molecular flexibility index (Phi) is 4.74. The maximum Gasteiger partial charge on any atom is 0.244 e. The number of para-hydroxylation sites is 1. The zero-order valence-electron chi connectivity index (χ0n) is 17.5. The van der Waals surface area contributed by atoms with Crippen molar-refractivity contribution in [3.63, 3.8) is 0 Å². The fraction of sp³-hybridized carbons (Fsp3) is 0.652. The summed E-state index contributed by atoms with van der Waals surface area (Å²) in [6.45, 7) is 6.66. The number of nitrogens with zero attached hydrogens (tertiary/aromatic N) is 1. The van der Waals surface area contributed by atoms with E-state index < -0.39 is 28.6 Å². The Morgan fingerprint density at radius 1 is 1.07 bits per heavy atom. The smallest absolute Gasteiger partial charge is 0.244 e. The minimum absolute atomic E-state index is 0.0331. The Morgan fingerprint density at radius 3 is 2.17 bits per heavy atom. The Morgan fingerprint density at radius 2 is 1.66 bits per heavy atom. The number of rotatable bonds is 5. The molecule has 2 unspecified atom stereocenters. The van der Waals surface area contributed by atoms with Crippen molar-refractivity contribution in [3.05, 3.63) is 29.8 Å². The van der Waals surface area contributed by atoms with Crippen LogP contribution in [0.5, 0.6) is 0 Å². The van der Waals surface area contributed by atoms with E-state index in [1.807, 2.05) is 6.92 Å². The van der Waals surface area contributed by atoms with Gasteiger partial charge in [-0.2, -0.15) is 0 Å².